The Hall–Kier alpha value is -3.96. The van der Waals surface area contributed by atoms with Gasteiger partial charge < -0.3 is 4.74 Å². The first-order valence-corrected chi connectivity index (χ1v) is 11.1. The highest BCUT2D eigenvalue weighted by atomic mass is 32.1. The second-order valence-electron chi connectivity index (χ2n) is 6.49. The molecule has 0 spiro atoms. The van der Waals surface area contributed by atoms with Crippen molar-refractivity contribution in [2.45, 2.75) is 0 Å². The number of ether oxygens (including phenoxy) is 1. The van der Waals surface area contributed by atoms with E-state index < -0.39 is 0 Å². The smallest absolute Gasteiger partial charge is 0.291 e. The molecule has 0 aliphatic carbocycles. The number of hydrogen-bond acceptors (Lipinski definition) is 9. The second-order valence-corrected chi connectivity index (χ2v) is 8.40. The monoisotopic (exact) mass is 462 g/mol. The number of fused-ring (bicyclic) bond motifs is 1. The molecule has 0 saturated carbocycles. The number of aromatic nitrogens is 5. The Morgan fingerprint density at radius 3 is 2.78 bits per heavy atom. The van der Waals surface area contributed by atoms with E-state index in [1.807, 2.05) is 12.1 Å². The SMILES string of the molecule is O=C(COc1ccccc1/C=c1\sc2nc(-c3ccncc3)nn2c1=O)Nc1nccs1. The summed E-state index contributed by atoms with van der Waals surface area (Å²) >= 11 is 2.56. The lowest BCUT2D eigenvalue weighted by Gasteiger charge is -2.08. The van der Waals surface area contributed by atoms with Crippen LogP contribution in [0.15, 0.2) is 65.2 Å². The van der Waals surface area contributed by atoms with Crippen LogP contribution in [0, 0.1) is 0 Å². The van der Waals surface area contributed by atoms with E-state index in [0.717, 1.165) is 5.56 Å². The van der Waals surface area contributed by atoms with Gasteiger partial charge in [-0.2, -0.15) is 9.50 Å². The van der Waals surface area contributed by atoms with Gasteiger partial charge in [0.15, 0.2) is 17.6 Å². The maximum Gasteiger partial charge on any atom is 0.291 e. The molecule has 4 aromatic heterocycles. The van der Waals surface area contributed by atoms with E-state index in [0.29, 0.717) is 31.8 Å². The predicted molar refractivity (Wildman–Crippen MR) is 122 cm³/mol. The maximum atomic E-state index is 12.8. The molecule has 1 N–H and O–H groups in total. The van der Waals surface area contributed by atoms with Crippen LogP contribution in [0.2, 0.25) is 0 Å². The van der Waals surface area contributed by atoms with Gasteiger partial charge in [0.2, 0.25) is 4.96 Å². The van der Waals surface area contributed by atoms with Gasteiger partial charge in [0.25, 0.3) is 11.5 Å². The molecular formula is C21H14N6O3S2. The van der Waals surface area contributed by atoms with E-state index >= 15 is 0 Å². The fourth-order valence-corrected chi connectivity index (χ4v) is 4.36. The summed E-state index contributed by atoms with van der Waals surface area (Å²) < 4.78 is 7.44. The van der Waals surface area contributed by atoms with Gasteiger partial charge >= 0.3 is 0 Å². The fraction of sp³-hybridized carbons (Fsp3) is 0.0476. The van der Waals surface area contributed by atoms with Gasteiger partial charge in [-0.3, -0.25) is 19.9 Å². The summed E-state index contributed by atoms with van der Waals surface area (Å²) in [5.74, 6) is 0.636. The Morgan fingerprint density at radius 1 is 1.16 bits per heavy atom. The van der Waals surface area contributed by atoms with E-state index in [1.54, 1.807) is 54.3 Å². The van der Waals surface area contributed by atoms with Crippen molar-refractivity contribution in [2.24, 2.45) is 0 Å². The highest BCUT2D eigenvalue weighted by Crippen LogP contribution is 2.20. The minimum atomic E-state index is -0.318. The number of pyridine rings is 1. The molecule has 0 unspecified atom stereocenters. The summed E-state index contributed by atoms with van der Waals surface area (Å²) in [5, 5.41) is 9.27. The molecule has 0 aliphatic rings. The van der Waals surface area contributed by atoms with E-state index in [2.05, 4.69) is 25.4 Å². The number of rotatable bonds is 6. The Balaban J connectivity index is 1.40. The van der Waals surface area contributed by atoms with Gasteiger partial charge in [0, 0.05) is 35.1 Å². The van der Waals surface area contributed by atoms with Gasteiger partial charge in [-0.1, -0.05) is 29.5 Å². The van der Waals surface area contributed by atoms with Crippen molar-refractivity contribution >= 4 is 44.7 Å². The molecule has 32 heavy (non-hydrogen) atoms. The maximum absolute atomic E-state index is 12.8. The Kier molecular flexibility index (Phi) is 5.40. The molecule has 0 bridgehead atoms. The van der Waals surface area contributed by atoms with Crippen LogP contribution in [0.5, 0.6) is 5.75 Å². The summed E-state index contributed by atoms with van der Waals surface area (Å²) in [7, 11) is 0. The van der Waals surface area contributed by atoms with Crippen LogP contribution in [-0.2, 0) is 4.79 Å². The topological polar surface area (TPSA) is 111 Å². The molecule has 4 heterocycles. The van der Waals surface area contributed by atoms with Crippen molar-refractivity contribution in [1.29, 1.82) is 0 Å². The van der Waals surface area contributed by atoms with Crippen LogP contribution in [0.3, 0.4) is 0 Å². The number of nitrogens with zero attached hydrogens (tertiary/aromatic N) is 5. The minimum Gasteiger partial charge on any atom is -0.483 e. The first-order chi connectivity index (χ1) is 15.7. The zero-order chi connectivity index (χ0) is 21.9. The van der Waals surface area contributed by atoms with Crippen molar-refractivity contribution in [3.8, 4) is 17.1 Å². The largest absolute Gasteiger partial charge is 0.483 e. The molecule has 9 nitrogen and oxygen atoms in total. The van der Waals surface area contributed by atoms with Crippen molar-refractivity contribution in [3.63, 3.8) is 0 Å². The van der Waals surface area contributed by atoms with Crippen molar-refractivity contribution in [1.82, 2.24) is 24.6 Å². The van der Waals surface area contributed by atoms with Gasteiger partial charge in [0.1, 0.15) is 5.75 Å². The molecule has 1 amide bonds. The quantitative estimate of drug-likeness (QED) is 0.412. The van der Waals surface area contributed by atoms with Crippen LogP contribution in [0.25, 0.3) is 22.4 Å². The van der Waals surface area contributed by atoms with E-state index in [1.165, 1.54) is 27.2 Å². The molecule has 5 aromatic rings. The van der Waals surface area contributed by atoms with Gasteiger partial charge in [-0.25, -0.2) is 4.98 Å². The van der Waals surface area contributed by atoms with Crippen LogP contribution in [0.1, 0.15) is 5.56 Å². The summed E-state index contributed by atoms with van der Waals surface area (Å²) in [6, 6.07) is 10.8. The highest BCUT2D eigenvalue weighted by molar-refractivity contribution is 7.15. The normalized spacial score (nSPS) is 11.7. The molecule has 0 saturated heterocycles. The van der Waals surface area contributed by atoms with Crippen molar-refractivity contribution in [3.05, 3.63) is 80.8 Å². The Bertz CT molecular complexity index is 1500. The molecule has 5 rings (SSSR count). The summed E-state index contributed by atoms with van der Waals surface area (Å²) in [5.41, 5.74) is 1.19. The number of para-hydroxylation sites is 1. The van der Waals surface area contributed by atoms with Gasteiger partial charge in [-0.15, -0.1) is 16.4 Å². The number of anilines is 1. The van der Waals surface area contributed by atoms with Crippen molar-refractivity contribution < 1.29 is 9.53 Å². The Morgan fingerprint density at radius 2 is 2.00 bits per heavy atom. The highest BCUT2D eigenvalue weighted by Gasteiger charge is 2.13. The zero-order valence-corrected chi connectivity index (χ0v) is 18.0. The average molecular weight is 463 g/mol. The number of benzene rings is 1. The number of carbonyl (C=O) groups is 1. The number of thiazole rings is 2. The second kappa shape index (κ2) is 8.65. The van der Waals surface area contributed by atoms with E-state index in [9.17, 15) is 9.59 Å². The lowest BCUT2D eigenvalue weighted by molar-refractivity contribution is -0.118. The molecule has 0 aliphatic heterocycles. The van der Waals surface area contributed by atoms with Gasteiger partial charge in [-0.05, 0) is 24.3 Å². The zero-order valence-electron chi connectivity index (χ0n) is 16.3. The molecule has 158 valence electrons. The third-order valence-electron chi connectivity index (χ3n) is 4.36. The third kappa shape index (κ3) is 4.11. The molecule has 0 radical (unpaired) electrons. The molecule has 0 atom stereocenters. The first kappa shape index (κ1) is 20.0. The number of nitrogens with one attached hydrogen (secondary N) is 1. The van der Waals surface area contributed by atoms with Crippen LogP contribution >= 0.6 is 22.7 Å². The van der Waals surface area contributed by atoms with Gasteiger partial charge in [0.05, 0.1) is 4.53 Å². The summed E-state index contributed by atoms with van der Waals surface area (Å²) in [6.07, 6.45) is 6.62. The molecular weight excluding hydrogens is 448 g/mol. The number of amides is 1. The van der Waals surface area contributed by atoms with E-state index in [4.69, 9.17) is 4.74 Å². The third-order valence-corrected chi connectivity index (χ3v) is 6.01. The van der Waals surface area contributed by atoms with Crippen LogP contribution < -0.4 is 20.1 Å². The van der Waals surface area contributed by atoms with Crippen LogP contribution in [0.4, 0.5) is 5.13 Å². The average Bonchev–Trinajstić information content (AvgIpc) is 3.53. The lowest BCUT2D eigenvalue weighted by atomic mass is 10.2. The standard InChI is InChI=1S/C21H14N6O3S2/c28-17(24-20-23-9-10-31-20)12-30-15-4-2-1-3-14(15)11-16-19(29)27-21(32-16)25-18(26-27)13-5-7-22-8-6-13/h1-11H,12H2,(H,23,24,28)/b16-11-. The number of carbonyl (C=O) groups excluding carboxylic acids is 1. The first-order valence-electron chi connectivity index (χ1n) is 9.40. The predicted octanol–water partition coefficient (Wildman–Crippen LogP) is 2.23. The minimum absolute atomic E-state index is 0.181. The van der Waals surface area contributed by atoms with E-state index in [-0.39, 0.29) is 18.1 Å². The lowest BCUT2D eigenvalue weighted by Crippen LogP contribution is -2.24. The fourth-order valence-electron chi connectivity index (χ4n) is 2.91. The van der Waals surface area contributed by atoms with Crippen molar-refractivity contribution in [2.75, 3.05) is 11.9 Å². The molecule has 11 heteroatoms. The summed E-state index contributed by atoms with van der Waals surface area (Å²) in [4.78, 5) is 37.9. The summed E-state index contributed by atoms with van der Waals surface area (Å²) in [6.45, 7) is -0.181. The molecule has 0 fully saturated rings. The molecule has 1 aromatic carbocycles. The Labute approximate surface area is 188 Å². The number of hydrogen-bond donors (Lipinski definition) is 1. The van der Waals surface area contributed by atoms with Crippen LogP contribution in [-0.4, -0.2) is 37.1 Å².